The number of likely N-dealkylation sites (tertiary alicyclic amines) is 2. The number of hydrogen-bond acceptors (Lipinski definition) is 6. The van der Waals surface area contributed by atoms with E-state index in [-0.39, 0.29) is 30.7 Å². The lowest BCUT2D eigenvalue weighted by molar-refractivity contribution is -0.274. The van der Waals surface area contributed by atoms with Gasteiger partial charge >= 0.3 is 12.4 Å². The van der Waals surface area contributed by atoms with Crippen molar-refractivity contribution in [1.29, 1.82) is 0 Å². The summed E-state index contributed by atoms with van der Waals surface area (Å²) in [4.78, 5) is 30.9. The SMILES string of the molecule is CN(C/C(=C/N)NN)C(=O)N1CC2CCN(C(=O)CCc3ccc(OC(F)(F)F)cc3)CCC2C1. The first-order chi connectivity index (χ1) is 16.6. The highest BCUT2D eigenvalue weighted by Crippen LogP contribution is 2.32. The molecule has 2 heterocycles. The van der Waals surface area contributed by atoms with E-state index in [1.54, 1.807) is 24.1 Å². The van der Waals surface area contributed by atoms with Gasteiger partial charge in [-0.1, -0.05) is 12.1 Å². The van der Waals surface area contributed by atoms with Gasteiger partial charge in [0.1, 0.15) is 5.75 Å². The van der Waals surface area contributed by atoms with E-state index >= 15 is 0 Å². The summed E-state index contributed by atoms with van der Waals surface area (Å²) >= 11 is 0. The standard InChI is InChI=1S/C23H33F3N6O3/c1-30(15-19(12-27)29-28)22(34)32-13-17-8-10-31(11-9-18(17)14-32)21(33)7-4-16-2-5-20(6-3-16)35-23(24,25)26/h2-3,5-6,12,17-18,29H,4,7-11,13-15,27-28H2,1H3/b19-12-. The van der Waals surface area contributed by atoms with Crippen LogP contribution in [0.25, 0.3) is 0 Å². The highest BCUT2D eigenvalue weighted by molar-refractivity contribution is 5.76. The number of urea groups is 1. The maximum Gasteiger partial charge on any atom is 0.573 e. The number of ether oxygens (including phenoxy) is 1. The Labute approximate surface area is 202 Å². The van der Waals surface area contributed by atoms with Crippen molar-refractivity contribution in [2.24, 2.45) is 23.4 Å². The number of benzene rings is 1. The molecule has 2 atom stereocenters. The molecule has 194 valence electrons. The lowest BCUT2D eigenvalue weighted by atomic mass is 9.92. The van der Waals surface area contributed by atoms with Gasteiger partial charge in [-0.15, -0.1) is 13.2 Å². The van der Waals surface area contributed by atoms with Crippen LogP contribution < -0.4 is 21.7 Å². The van der Waals surface area contributed by atoms with Crippen LogP contribution in [-0.2, 0) is 11.2 Å². The predicted molar refractivity (Wildman–Crippen MR) is 123 cm³/mol. The minimum absolute atomic E-state index is 0.0312. The van der Waals surface area contributed by atoms with Gasteiger partial charge in [-0.2, -0.15) is 0 Å². The summed E-state index contributed by atoms with van der Waals surface area (Å²) in [6.07, 6.45) is -1.01. The zero-order chi connectivity index (χ0) is 25.6. The van der Waals surface area contributed by atoms with Gasteiger partial charge in [-0.3, -0.25) is 10.6 Å². The number of rotatable bonds is 7. The highest BCUT2D eigenvalue weighted by Gasteiger charge is 2.38. The first-order valence-corrected chi connectivity index (χ1v) is 11.6. The topological polar surface area (TPSA) is 117 Å². The Morgan fingerprint density at radius 3 is 2.26 bits per heavy atom. The molecule has 12 heteroatoms. The van der Waals surface area contributed by atoms with Crippen molar-refractivity contribution >= 4 is 11.9 Å². The molecule has 1 aromatic rings. The first-order valence-electron chi connectivity index (χ1n) is 11.6. The van der Waals surface area contributed by atoms with Crippen molar-refractivity contribution in [2.45, 2.75) is 32.0 Å². The minimum Gasteiger partial charge on any atom is -0.406 e. The Bertz CT molecular complexity index is 893. The molecule has 5 N–H and O–H groups in total. The van der Waals surface area contributed by atoms with Gasteiger partial charge in [0, 0.05) is 45.8 Å². The third-order valence-corrected chi connectivity index (χ3v) is 6.64. The molecule has 0 aromatic heterocycles. The number of hydrazine groups is 1. The molecule has 0 aliphatic carbocycles. The number of nitrogens with one attached hydrogen (secondary N) is 1. The van der Waals surface area contributed by atoms with Crippen LogP contribution >= 0.6 is 0 Å². The van der Waals surface area contributed by atoms with Gasteiger partial charge in [0.25, 0.3) is 0 Å². The summed E-state index contributed by atoms with van der Waals surface area (Å²) in [6.45, 7) is 2.86. The second kappa shape index (κ2) is 11.5. The smallest absolute Gasteiger partial charge is 0.406 e. The molecule has 3 rings (SSSR count). The Morgan fingerprint density at radius 2 is 1.74 bits per heavy atom. The number of carbonyl (C=O) groups is 2. The second-order valence-corrected chi connectivity index (χ2v) is 9.05. The van der Waals surface area contributed by atoms with E-state index in [1.807, 2.05) is 9.80 Å². The molecule has 2 unspecified atom stereocenters. The molecule has 9 nitrogen and oxygen atoms in total. The van der Waals surface area contributed by atoms with E-state index in [9.17, 15) is 22.8 Å². The minimum atomic E-state index is -4.73. The van der Waals surface area contributed by atoms with Crippen molar-refractivity contribution in [3.63, 3.8) is 0 Å². The molecule has 0 radical (unpaired) electrons. The van der Waals surface area contributed by atoms with E-state index in [0.29, 0.717) is 50.1 Å². The molecule has 35 heavy (non-hydrogen) atoms. The molecule has 2 saturated heterocycles. The van der Waals surface area contributed by atoms with Crippen LogP contribution in [0.3, 0.4) is 0 Å². The average Bonchev–Trinajstić information content (AvgIpc) is 3.12. The quantitative estimate of drug-likeness (QED) is 0.391. The fourth-order valence-electron chi connectivity index (χ4n) is 4.73. The Kier molecular flexibility index (Phi) is 8.71. The molecule has 0 spiro atoms. The number of aryl methyl sites for hydroxylation is 1. The number of alkyl halides is 3. The maximum atomic E-state index is 12.8. The summed E-state index contributed by atoms with van der Waals surface area (Å²) in [7, 11) is 1.70. The van der Waals surface area contributed by atoms with Crippen molar-refractivity contribution in [2.75, 3.05) is 39.8 Å². The van der Waals surface area contributed by atoms with Crippen molar-refractivity contribution < 1.29 is 27.5 Å². The molecule has 1 aromatic carbocycles. The third kappa shape index (κ3) is 7.41. The lowest BCUT2D eigenvalue weighted by Crippen LogP contribution is -2.43. The molecule has 2 aliphatic rings. The number of amides is 3. The zero-order valence-electron chi connectivity index (χ0n) is 19.8. The maximum absolute atomic E-state index is 12.8. The van der Waals surface area contributed by atoms with E-state index in [1.165, 1.54) is 18.3 Å². The fourth-order valence-corrected chi connectivity index (χ4v) is 4.73. The monoisotopic (exact) mass is 498 g/mol. The van der Waals surface area contributed by atoms with Crippen molar-refractivity contribution in [1.82, 2.24) is 20.1 Å². The number of carbonyl (C=O) groups excluding carboxylic acids is 2. The highest BCUT2D eigenvalue weighted by atomic mass is 19.4. The normalized spacial score (nSPS) is 20.8. The van der Waals surface area contributed by atoms with Crippen LogP contribution in [0.15, 0.2) is 36.2 Å². The zero-order valence-corrected chi connectivity index (χ0v) is 19.8. The Morgan fingerprint density at radius 1 is 1.14 bits per heavy atom. The Hall–Kier alpha value is -3.15. The largest absolute Gasteiger partial charge is 0.573 e. The average molecular weight is 499 g/mol. The third-order valence-electron chi connectivity index (χ3n) is 6.64. The second-order valence-electron chi connectivity index (χ2n) is 9.05. The summed E-state index contributed by atoms with van der Waals surface area (Å²) in [6, 6.07) is 5.52. The van der Waals surface area contributed by atoms with E-state index in [0.717, 1.165) is 18.4 Å². The predicted octanol–water partition coefficient (Wildman–Crippen LogP) is 2.00. The number of fused-ring (bicyclic) bond motifs is 1. The summed E-state index contributed by atoms with van der Waals surface area (Å²) in [5.74, 6) is 5.82. The van der Waals surface area contributed by atoms with Crippen LogP contribution in [0.1, 0.15) is 24.8 Å². The van der Waals surface area contributed by atoms with Crippen LogP contribution in [0.5, 0.6) is 5.75 Å². The van der Waals surface area contributed by atoms with Crippen molar-refractivity contribution in [3.8, 4) is 5.75 Å². The molecule has 2 aliphatic heterocycles. The van der Waals surface area contributed by atoms with E-state index in [2.05, 4.69) is 10.2 Å². The molecule has 3 amide bonds. The van der Waals surface area contributed by atoms with Gasteiger partial charge in [-0.05, 0) is 48.8 Å². The summed E-state index contributed by atoms with van der Waals surface area (Å²) < 4.78 is 40.7. The van der Waals surface area contributed by atoms with Gasteiger partial charge in [0.05, 0.1) is 12.2 Å². The van der Waals surface area contributed by atoms with Gasteiger partial charge < -0.3 is 30.6 Å². The van der Waals surface area contributed by atoms with E-state index < -0.39 is 6.36 Å². The number of nitrogens with two attached hydrogens (primary N) is 2. The molecular formula is C23H33F3N6O3. The summed E-state index contributed by atoms with van der Waals surface area (Å²) in [5, 5.41) is 0. The first kappa shape index (κ1) is 26.5. The number of likely N-dealkylation sites (N-methyl/N-ethyl adjacent to an activating group) is 1. The van der Waals surface area contributed by atoms with Gasteiger partial charge in [0.2, 0.25) is 5.91 Å². The lowest BCUT2D eigenvalue weighted by Gasteiger charge is -2.26. The fraction of sp³-hybridized carbons (Fsp3) is 0.565. The van der Waals surface area contributed by atoms with Gasteiger partial charge in [-0.25, -0.2) is 4.79 Å². The molecule has 2 fully saturated rings. The van der Waals surface area contributed by atoms with Gasteiger partial charge in [0.15, 0.2) is 0 Å². The number of halogens is 3. The molecule has 0 bridgehead atoms. The number of nitrogens with zero attached hydrogens (tertiary/aromatic N) is 3. The molecule has 0 saturated carbocycles. The van der Waals surface area contributed by atoms with Crippen LogP contribution in [0.2, 0.25) is 0 Å². The van der Waals surface area contributed by atoms with E-state index in [4.69, 9.17) is 11.6 Å². The summed E-state index contributed by atoms with van der Waals surface area (Å²) in [5.41, 5.74) is 9.28. The Balaban J connectivity index is 1.45. The van der Waals surface area contributed by atoms with Crippen LogP contribution in [-0.4, -0.2) is 72.8 Å². The molecular weight excluding hydrogens is 465 g/mol. The van der Waals surface area contributed by atoms with Crippen LogP contribution in [0, 0.1) is 11.8 Å². The number of hydrogen-bond donors (Lipinski definition) is 3. The van der Waals surface area contributed by atoms with Crippen LogP contribution in [0.4, 0.5) is 18.0 Å². The van der Waals surface area contributed by atoms with Crippen molar-refractivity contribution in [3.05, 3.63) is 41.7 Å².